The second-order valence-electron chi connectivity index (χ2n) is 7.82. The Morgan fingerprint density at radius 1 is 0.733 bits per heavy atom. The van der Waals surface area contributed by atoms with Crippen LogP contribution >= 0.6 is 0 Å². The molecule has 6 N–H and O–H groups in total. The number of aliphatic hydroxyl groups excluding tert-OH is 2. The van der Waals surface area contributed by atoms with Crippen molar-refractivity contribution in [2.75, 3.05) is 13.2 Å². The third-order valence-corrected chi connectivity index (χ3v) is 4.63. The second kappa shape index (κ2) is 23.1. The first kappa shape index (κ1) is 31.6. The lowest BCUT2D eigenvalue weighted by molar-refractivity contribution is -0.147. The van der Waals surface area contributed by atoms with Crippen LogP contribution < -0.4 is 0 Å². The van der Waals surface area contributed by atoms with Crippen LogP contribution in [0.15, 0.2) is 0 Å². The number of ether oxygens (including phenoxy) is 1. The Morgan fingerprint density at radius 2 is 1.07 bits per heavy atom. The molecule has 0 bridgehead atoms. The molecular weight excluding hydrogens is 408 g/mol. The number of esters is 1. The summed E-state index contributed by atoms with van der Waals surface area (Å²) in [6, 6.07) is 0. The van der Waals surface area contributed by atoms with Crippen LogP contribution in [0.5, 0.6) is 0 Å². The van der Waals surface area contributed by atoms with Crippen molar-refractivity contribution in [2.24, 2.45) is 0 Å². The molecule has 0 fully saturated rings. The highest BCUT2D eigenvalue weighted by Gasteiger charge is 2.22. The van der Waals surface area contributed by atoms with Gasteiger partial charge in [-0.25, -0.2) is 0 Å². The van der Waals surface area contributed by atoms with E-state index in [1.54, 1.807) is 0 Å². The van der Waals surface area contributed by atoms with E-state index >= 15 is 0 Å². The molecule has 1 atom stereocenters. The third-order valence-electron chi connectivity index (χ3n) is 4.63. The Balaban J connectivity index is 0. The van der Waals surface area contributed by atoms with Crippen molar-refractivity contribution in [2.45, 2.75) is 116 Å². The van der Waals surface area contributed by atoms with Gasteiger partial charge in [0.05, 0.1) is 6.61 Å². The lowest BCUT2D eigenvalue weighted by Crippen LogP contribution is -2.33. The Labute approximate surface area is 183 Å². The van der Waals surface area contributed by atoms with Gasteiger partial charge < -0.3 is 34.1 Å². The first-order chi connectivity index (χ1) is 14.2. The van der Waals surface area contributed by atoms with E-state index in [0.29, 0.717) is 6.42 Å². The third kappa shape index (κ3) is 34.9. The largest absolute Gasteiger partial charge is 0.668 e. The van der Waals surface area contributed by atoms with Crippen LogP contribution in [0.3, 0.4) is 0 Å². The highest BCUT2D eigenvalue weighted by atomic mass is 28.4. The fraction of sp³-hybridized carbons (Fsp3) is 0.952. The van der Waals surface area contributed by atoms with E-state index in [1.807, 2.05) is 0 Å². The topological polar surface area (TPSA) is 148 Å². The summed E-state index contributed by atoms with van der Waals surface area (Å²) in [6.45, 7) is 1.79. The lowest BCUT2D eigenvalue weighted by Gasteiger charge is -2.08. The van der Waals surface area contributed by atoms with Crippen molar-refractivity contribution in [1.29, 1.82) is 0 Å². The van der Waals surface area contributed by atoms with E-state index in [1.165, 1.54) is 83.5 Å². The van der Waals surface area contributed by atoms with Gasteiger partial charge in [-0.3, -0.25) is 4.79 Å². The molecule has 8 nitrogen and oxygen atoms in total. The zero-order valence-corrected chi connectivity index (χ0v) is 19.8. The SMILES string of the molecule is CCCCCCCCCCCCCCCCCC(=O)OCC(O)CO.O[Si](O)(O)O. The van der Waals surface area contributed by atoms with Crippen LogP contribution in [0.4, 0.5) is 0 Å². The van der Waals surface area contributed by atoms with E-state index in [2.05, 4.69) is 6.92 Å². The average Bonchev–Trinajstić information content (AvgIpc) is 2.67. The molecular formula is C21H46O8Si. The molecule has 0 saturated heterocycles. The molecule has 0 heterocycles. The van der Waals surface area contributed by atoms with Gasteiger partial charge in [-0.05, 0) is 6.42 Å². The zero-order valence-electron chi connectivity index (χ0n) is 18.8. The van der Waals surface area contributed by atoms with Crippen molar-refractivity contribution in [1.82, 2.24) is 0 Å². The average molecular weight is 455 g/mol. The Morgan fingerprint density at radius 3 is 1.40 bits per heavy atom. The molecule has 0 aromatic heterocycles. The van der Waals surface area contributed by atoms with Crippen LogP contribution in [-0.2, 0) is 9.53 Å². The molecule has 182 valence electrons. The molecule has 0 aromatic carbocycles. The fourth-order valence-electron chi connectivity index (χ4n) is 2.95. The highest BCUT2D eigenvalue weighted by molar-refractivity contribution is 6.46. The lowest BCUT2D eigenvalue weighted by atomic mass is 10.0. The number of hydrogen-bond donors (Lipinski definition) is 6. The summed E-state index contributed by atoms with van der Waals surface area (Å²) in [7, 11) is -4.61. The molecule has 0 spiro atoms. The van der Waals surface area contributed by atoms with Gasteiger partial charge in [-0.1, -0.05) is 96.8 Å². The summed E-state index contributed by atoms with van der Waals surface area (Å²) in [6.07, 6.45) is 19.0. The molecule has 1 unspecified atom stereocenters. The number of carbonyl (C=O) groups excluding carboxylic acids is 1. The normalized spacial score (nSPS) is 12.2. The van der Waals surface area contributed by atoms with Gasteiger partial charge in [-0.2, -0.15) is 0 Å². The maximum absolute atomic E-state index is 11.4. The minimum absolute atomic E-state index is 0.103. The van der Waals surface area contributed by atoms with Gasteiger partial charge in [0.15, 0.2) is 0 Å². The van der Waals surface area contributed by atoms with Gasteiger partial charge in [0.25, 0.3) is 0 Å². The van der Waals surface area contributed by atoms with Crippen molar-refractivity contribution in [3.05, 3.63) is 0 Å². The fourth-order valence-corrected chi connectivity index (χ4v) is 2.95. The molecule has 0 aliphatic heterocycles. The molecule has 0 rings (SSSR count). The molecule has 0 aromatic rings. The van der Waals surface area contributed by atoms with Gasteiger partial charge >= 0.3 is 15.0 Å². The molecule has 0 aliphatic carbocycles. The van der Waals surface area contributed by atoms with Crippen molar-refractivity contribution in [3.8, 4) is 0 Å². The van der Waals surface area contributed by atoms with Crippen LogP contribution in [0.25, 0.3) is 0 Å². The quantitative estimate of drug-likeness (QED) is 0.0991. The second-order valence-corrected chi connectivity index (χ2v) is 9.02. The standard InChI is InChI=1S/C21H42O4.H4O4Si/c1-2-3-4-5-6-7-8-9-10-11-12-13-14-15-16-17-21(24)25-19-20(23)18-22;1-5(2,3)4/h20,22-23H,2-19H2,1H3;1-4H. The minimum Gasteiger partial charge on any atom is -0.463 e. The molecule has 30 heavy (non-hydrogen) atoms. The van der Waals surface area contributed by atoms with Crippen LogP contribution in [0.2, 0.25) is 0 Å². The summed E-state index contributed by atoms with van der Waals surface area (Å²) >= 11 is 0. The Hall–Kier alpha value is -0.553. The van der Waals surface area contributed by atoms with Gasteiger partial charge in [0.1, 0.15) is 12.7 Å². The zero-order chi connectivity index (χ0) is 23.1. The predicted octanol–water partition coefficient (Wildman–Crippen LogP) is 2.54. The Bertz CT molecular complexity index is 357. The highest BCUT2D eigenvalue weighted by Crippen LogP contribution is 2.13. The summed E-state index contributed by atoms with van der Waals surface area (Å²) in [5.41, 5.74) is 0. The molecule has 9 heteroatoms. The first-order valence-corrected chi connectivity index (χ1v) is 13.3. The van der Waals surface area contributed by atoms with Gasteiger partial charge in [0, 0.05) is 6.42 Å². The van der Waals surface area contributed by atoms with Crippen LogP contribution in [-0.4, -0.2) is 63.7 Å². The number of carbonyl (C=O) groups is 1. The molecule has 0 radical (unpaired) electrons. The van der Waals surface area contributed by atoms with E-state index in [9.17, 15) is 4.79 Å². The number of aliphatic hydroxyl groups is 2. The Kier molecular flexibility index (Phi) is 24.4. The number of unbranched alkanes of at least 4 members (excludes halogenated alkanes) is 14. The first-order valence-electron chi connectivity index (χ1n) is 11.5. The van der Waals surface area contributed by atoms with E-state index in [0.717, 1.165) is 12.8 Å². The molecule has 0 saturated carbocycles. The van der Waals surface area contributed by atoms with E-state index < -0.39 is 15.2 Å². The van der Waals surface area contributed by atoms with Crippen LogP contribution in [0.1, 0.15) is 110 Å². The number of rotatable bonds is 19. The smallest absolute Gasteiger partial charge is 0.463 e. The van der Waals surface area contributed by atoms with Crippen molar-refractivity contribution in [3.63, 3.8) is 0 Å². The molecule has 0 aliphatic rings. The van der Waals surface area contributed by atoms with Gasteiger partial charge in [0.2, 0.25) is 0 Å². The summed E-state index contributed by atoms with van der Waals surface area (Å²) in [4.78, 5) is 40.7. The summed E-state index contributed by atoms with van der Waals surface area (Å²) < 4.78 is 4.86. The number of hydrogen-bond acceptors (Lipinski definition) is 8. The predicted molar refractivity (Wildman–Crippen MR) is 118 cm³/mol. The van der Waals surface area contributed by atoms with Crippen molar-refractivity contribution >= 4 is 15.0 Å². The van der Waals surface area contributed by atoms with E-state index in [4.69, 9.17) is 34.1 Å². The summed E-state index contributed by atoms with van der Waals surface area (Å²) in [5, 5.41) is 17.7. The monoisotopic (exact) mass is 454 g/mol. The maximum atomic E-state index is 11.4. The van der Waals surface area contributed by atoms with Crippen LogP contribution in [0, 0.1) is 0 Å². The van der Waals surface area contributed by atoms with Crippen molar-refractivity contribution < 1.29 is 38.9 Å². The van der Waals surface area contributed by atoms with Gasteiger partial charge in [-0.15, -0.1) is 0 Å². The maximum Gasteiger partial charge on any atom is 0.668 e. The summed E-state index contributed by atoms with van der Waals surface area (Å²) in [5.74, 6) is -0.276. The van der Waals surface area contributed by atoms with E-state index in [-0.39, 0.29) is 19.2 Å². The molecule has 0 amide bonds. The minimum atomic E-state index is -4.61.